The van der Waals surface area contributed by atoms with Gasteiger partial charge in [0, 0.05) is 17.4 Å². The number of amides is 2. The van der Waals surface area contributed by atoms with Crippen LogP contribution in [0.5, 0.6) is 0 Å². The fourth-order valence-corrected chi connectivity index (χ4v) is 2.10. The molecule has 2 aromatic heterocycles. The Morgan fingerprint density at radius 2 is 2.05 bits per heavy atom. The molecule has 0 spiro atoms. The van der Waals surface area contributed by atoms with E-state index in [9.17, 15) is 14.4 Å². The summed E-state index contributed by atoms with van der Waals surface area (Å²) < 4.78 is 0. The number of primary amides is 1. The number of benzene rings is 1. The molecule has 0 aliphatic carbocycles. The number of aromatic amines is 2. The van der Waals surface area contributed by atoms with Crippen molar-refractivity contribution in [1.82, 2.24) is 15.0 Å². The Bertz CT molecular complexity index is 941. The molecule has 0 bridgehead atoms. The van der Waals surface area contributed by atoms with E-state index in [-0.39, 0.29) is 16.5 Å². The zero-order valence-electron chi connectivity index (χ0n) is 11.2. The second kappa shape index (κ2) is 5.17. The van der Waals surface area contributed by atoms with E-state index in [2.05, 4.69) is 20.3 Å². The maximum absolute atomic E-state index is 12.3. The van der Waals surface area contributed by atoms with Crippen LogP contribution < -0.4 is 16.6 Å². The Balaban J connectivity index is 1.96. The molecule has 0 aliphatic rings. The molecular formula is C14H11N5O3. The molecule has 2 amide bonds. The van der Waals surface area contributed by atoms with Crippen molar-refractivity contribution in [1.29, 1.82) is 0 Å². The van der Waals surface area contributed by atoms with Crippen molar-refractivity contribution in [3.8, 4) is 0 Å². The highest BCUT2D eigenvalue weighted by molar-refractivity contribution is 6.12. The lowest BCUT2D eigenvalue weighted by Gasteiger charge is -2.05. The van der Waals surface area contributed by atoms with Crippen LogP contribution >= 0.6 is 0 Å². The largest absolute Gasteiger partial charge is 0.366 e. The Labute approximate surface area is 123 Å². The molecule has 22 heavy (non-hydrogen) atoms. The van der Waals surface area contributed by atoms with Gasteiger partial charge in [0.05, 0.1) is 17.3 Å². The fraction of sp³-hybridized carbons (Fsp3) is 0. The van der Waals surface area contributed by atoms with Gasteiger partial charge in [-0.15, -0.1) is 0 Å². The van der Waals surface area contributed by atoms with Gasteiger partial charge >= 0.3 is 0 Å². The maximum Gasteiger partial charge on any atom is 0.261 e. The molecule has 1 aromatic carbocycles. The number of nitrogens with two attached hydrogens (primary N) is 1. The molecule has 0 unspecified atom stereocenters. The molecular weight excluding hydrogens is 286 g/mol. The third kappa shape index (κ3) is 2.33. The van der Waals surface area contributed by atoms with Crippen LogP contribution in [0.2, 0.25) is 0 Å². The quantitative estimate of drug-likeness (QED) is 0.563. The number of carbonyl (C=O) groups excluding carboxylic acids is 2. The summed E-state index contributed by atoms with van der Waals surface area (Å²) in [5.74, 6) is -1.09. The average Bonchev–Trinajstić information content (AvgIpc) is 2.93. The molecule has 0 saturated heterocycles. The van der Waals surface area contributed by atoms with Gasteiger partial charge in [-0.3, -0.25) is 14.4 Å². The molecule has 0 atom stereocenters. The first-order valence-corrected chi connectivity index (χ1v) is 6.32. The van der Waals surface area contributed by atoms with Crippen molar-refractivity contribution >= 4 is 28.5 Å². The highest BCUT2D eigenvalue weighted by Gasteiger charge is 2.16. The summed E-state index contributed by atoms with van der Waals surface area (Å²) in [4.78, 5) is 44.3. The minimum absolute atomic E-state index is 0.161. The highest BCUT2D eigenvalue weighted by atomic mass is 16.2. The van der Waals surface area contributed by atoms with Crippen LogP contribution in [0.3, 0.4) is 0 Å². The molecule has 8 nitrogen and oxygen atoms in total. The molecule has 2 heterocycles. The van der Waals surface area contributed by atoms with Gasteiger partial charge in [0.15, 0.2) is 0 Å². The van der Waals surface area contributed by atoms with Crippen molar-refractivity contribution < 1.29 is 9.59 Å². The minimum Gasteiger partial charge on any atom is -0.366 e. The number of hydrogen-bond acceptors (Lipinski definition) is 4. The Kier molecular flexibility index (Phi) is 3.18. The number of H-pyrrole nitrogens is 2. The van der Waals surface area contributed by atoms with Gasteiger partial charge in [-0.05, 0) is 18.2 Å². The summed E-state index contributed by atoms with van der Waals surface area (Å²) in [7, 11) is 0. The lowest BCUT2D eigenvalue weighted by atomic mass is 10.1. The van der Waals surface area contributed by atoms with Crippen LogP contribution in [0.4, 0.5) is 5.69 Å². The van der Waals surface area contributed by atoms with Crippen molar-refractivity contribution in [3.05, 3.63) is 58.3 Å². The monoisotopic (exact) mass is 297 g/mol. The highest BCUT2D eigenvalue weighted by Crippen LogP contribution is 2.15. The van der Waals surface area contributed by atoms with E-state index in [0.29, 0.717) is 11.3 Å². The van der Waals surface area contributed by atoms with Crippen LogP contribution in [0.25, 0.3) is 11.0 Å². The fourth-order valence-electron chi connectivity index (χ4n) is 2.10. The van der Waals surface area contributed by atoms with Gasteiger partial charge in [-0.2, -0.15) is 0 Å². The summed E-state index contributed by atoms with van der Waals surface area (Å²) >= 11 is 0. The SMILES string of the molecule is NC(=O)c1cccc(NC(=O)c2c[nH]c3nc[nH]c(=O)c23)c1. The lowest BCUT2D eigenvalue weighted by molar-refractivity contribution is 0.0996. The molecule has 5 N–H and O–H groups in total. The molecule has 0 aliphatic heterocycles. The van der Waals surface area contributed by atoms with Crippen molar-refractivity contribution in [2.75, 3.05) is 5.32 Å². The molecule has 110 valence electrons. The average molecular weight is 297 g/mol. The Hall–Kier alpha value is -3.42. The predicted molar refractivity (Wildman–Crippen MR) is 79.6 cm³/mol. The van der Waals surface area contributed by atoms with Gasteiger partial charge in [0.1, 0.15) is 5.65 Å². The van der Waals surface area contributed by atoms with E-state index in [1.54, 1.807) is 12.1 Å². The number of fused-ring (bicyclic) bond motifs is 1. The normalized spacial score (nSPS) is 10.5. The molecule has 8 heteroatoms. The van der Waals surface area contributed by atoms with Crippen molar-refractivity contribution in [3.63, 3.8) is 0 Å². The summed E-state index contributed by atoms with van der Waals surface area (Å²) in [5.41, 5.74) is 5.93. The van der Waals surface area contributed by atoms with E-state index in [1.807, 2.05) is 0 Å². The first kappa shape index (κ1) is 13.6. The maximum atomic E-state index is 12.3. The predicted octanol–water partition coefficient (Wildman–Crippen LogP) is 0.602. The Morgan fingerprint density at radius 3 is 2.82 bits per heavy atom. The molecule has 0 fully saturated rings. The Morgan fingerprint density at radius 1 is 1.23 bits per heavy atom. The first-order chi connectivity index (χ1) is 10.6. The van der Waals surface area contributed by atoms with E-state index in [4.69, 9.17) is 5.73 Å². The number of aromatic nitrogens is 3. The van der Waals surface area contributed by atoms with Crippen LogP contribution in [-0.2, 0) is 0 Å². The molecule has 0 radical (unpaired) electrons. The second-order valence-electron chi connectivity index (χ2n) is 4.56. The zero-order chi connectivity index (χ0) is 15.7. The molecule has 3 aromatic rings. The topological polar surface area (TPSA) is 134 Å². The second-order valence-corrected chi connectivity index (χ2v) is 4.56. The van der Waals surface area contributed by atoms with E-state index < -0.39 is 17.4 Å². The third-order valence-corrected chi connectivity index (χ3v) is 3.13. The number of nitrogens with one attached hydrogen (secondary N) is 3. The lowest BCUT2D eigenvalue weighted by Crippen LogP contribution is -2.16. The summed E-state index contributed by atoms with van der Waals surface area (Å²) in [6, 6.07) is 6.21. The zero-order valence-corrected chi connectivity index (χ0v) is 11.2. The van der Waals surface area contributed by atoms with Gasteiger partial charge in [0.2, 0.25) is 5.91 Å². The number of hydrogen-bond donors (Lipinski definition) is 4. The number of rotatable bonds is 3. The summed E-state index contributed by atoms with van der Waals surface area (Å²) in [6.45, 7) is 0. The van der Waals surface area contributed by atoms with Gasteiger partial charge in [0.25, 0.3) is 11.5 Å². The minimum atomic E-state index is -0.594. The van der Waals surface area contributed by atoms with Crippen LogP contribution in [0.15, 0.2) is 41.6 Å². The van der Waals surface area contributed by atoms with Gasteiger partial charge in [-0.25, -0.2) is 4.98 Å². The smallest absolute Gasteiger partial charge is 0.261 e. The van der Waals surface area contributed by atoms with Crippen molar-refractivity contribution in [2.24, 2.45) is 5.73 Å². The van der Waals surface area contributed by atoms with Gasteiger partial charge in [-0.1, -0.05) is 6.07 Å². The van der Waals surface area contributed by atoms with E-state index in [0.717, 1.165) is 0 Å². The third-order valence-electron chi connectivity index (χ3n) is 3.13. The number of anilines is 1. The summed E-state index contributed by atoms with van der Waals surface area (Å²) in [5, 5.41) is 2.78. The molecule has 3 rings (SSSR count). The summed E-state index contributed by atoms with van der Waals surface area (Å²) in [6.07, 6.45) is 2.65. The van der Waals surface area contributed by atoms with E-state index in [1.165, 1.54) is 24.7 Å². The van der Waals surface area contributed by atoms with Crippen LogP contribution in [-0.4, -0.2) is 26.8 Å². The standard InChI is InChI=1S/C14H11N5O3/c15-11(20)7-2-1-3-8(4-7)19-13(21)9-5-16-12-10(9)14(22)18-6-17-12/h1-6H,(H2,15,20)(H,19,21)(H2,16,17,18,22). The number of nitrogens with zero attached hydrogens (tertiary/aromatic N) is 1. The van der Waals surface area contributed by atoms with Gasteiger partial charge < -0.3 is 21.0 Å². The van der Waals surface area contributed by atoms with Crippen LogP contribution in [0.1, 0.15) is 20.7 Å². The van der Waals surface area contributed by atoms with Crippen LogP contribution in [0, 0.1) is 0 Å². The number of carbonyl (C=O) groups is 2. The van der Waals surface area contributed by atoms with E-state index >= 15 is 0 Å². The first-order valence-electron chi connectivity index (χ1n) is 6.32. The van der Waals surface area contributed by atoms with Crippen molar-refractivity contribution in [2.45, 2.75) is 0 Å². The molecule has 0 saturated carbocycles.